The second-order valence-corrected chi connectivity index (χ2v) is 7.13. The molecule has 0 saturated carbocycles. The maximum Gasteiger partial charge on any atom is 0.266 e. The third-order valence-corrected chi connectivity index (χ3v) is 5.22. The molecular weight excluding hydrogens is 383 g/mol. The summed E-state index contributed by atoms with van der Waals surface area (Å²) in [5.74, 6) is -1.46. The quantitative estimate of drug-likeness (QED) is 0.618. The standard InChI is InChI=1S/C23H19FN4O2/c24-19-11-5-4-10-17(19)22(29)27-21-16-9-3-2-8-15(16)20(26-21)18(14-25)23(30)28-12-6-1-7-13-28/h2-5,8-11H,1,6-7,12-13H2,(H,26,27,29). The van der Waals surface area contributed by atoms with E-state index in [0.29, 0.717) is 24.2 Å². The van der Waals surface area contributed by atoms with Crippen LogP contribution in [0.2, 0.25) is 0 Å². The summed E-state index contributed by atoms with van der Waals surface area (Å²) < 4.78 is 14.0. The average Bonchev–Trinajstić information content (AvgIpc) is 3.13. The van der Waals surface area contributed by atoms with Crippen LogP contribution >= 0.6 is 0 Å². The molecule has 7 heteroatoms. The van der Waals surface area contributed by atoms with Crippen LogP contribution in [-0.2, 0) is 4.79 Å². The van der Waals surface area contributed by atoms with Gasteiger partial charge in [-0.15, -0.1) is 0 Å². The lowest BCUT2D eigenvalue weighted by atomic mass is 10.0. The number of hydrogen-bond donors (Lipinski definition) is 1. The summed E-state index contributed by atoms with van der Waals surface area (Å²) >= 11 is 0. The van der Waals surface area contributed by atoms with E-state index in [0.717, 1.165) is 19.3 Å². The summed E-state index contributed by atoms with van der Waals surface area (Å²) in [6.07, 6.45) is 2.88. The van der Waals surface area contributed by atoms with Gasteiger partial charge >= 0.3 is 0 Å². The van der Waals surface area contributed by atoms with Crippen molar-refractivity contribution in [3.05, 3.63) is 76.6 Å². The molecule has 0 aliphatic carbocycles. The summed E-state index contributed by atoms with van der Waals surface area (Å²) in [6, 6.07) is 14.7. The van der Waals surface area contributed by atoms with Gasteiger partial charge in [0, 0.05) is 24.2 Å². The van der Waals surface area contributed by atoms with E-state index in [1.807, 2.05) is 6.07 Å². The number of rotatable bonds is 2. The number of fused-ring (bicyclic) bond motifs is 1. The molecule has 2 aliphatic heterocycles. The first-order valence-electron chi connectivity index (χ1n) is 9.78. The van der Waals surface area contributed by atoms with Crippen LogP contribution in [0.1, 0.15) is 40.7 Å². The first-order chi connectivity index (χ1) is 14.6. The fraction of sp³-hybridized carbons (Fsp3) is 0.217. The van der Waals surface area contributed by atoms with Gasteiger partial charge in [-0.25, -0.2) is 9.38 Å². The van der Waals surface area contributed by atoms with Crippen molar-refractivity contribution < 1.29 is 14.0 Å². The van der Waals surface area contributed by atoms with Crippen molar-refractivity contribution in [2.75, 3.05) is 13.1 Å². The number of piperidine rings is 1. The van der Waals surface area contributed by atoms with E-state index in [-0.39, 0.29) is 28.6 Å². The highest BCUT2D eigenvalue weighted by atomic mass is 19.1. The molecule has 0 bridgehead atoms. The molecule has 0 unspecified atom stereocenters. The molecule has 2 amide bonds. The predicted molar refractivity (Wildman–Crippen MR) is 110 cm³/mol. The minimum absolute atomic E-state index is 0.0560. The predicted octanol–water partition coefficient (Wildman–Crippen LogP) is 3.26. The number of halogens is 1. The number of hydrogen-bond acceptors (Lipinski definition) is 4. The van der Waals surface area contributed by atoms with E-state index in [4.69, 9.17) is 0 Å². The number of carbonyl (C=O) groups is 2. The molecule has 0 spiro atoms. The molecule has 2 aliphatic rings. The van der Waals surface area contributed by atoms with Crippen LogP contribution in [0.5, 0.6) is 0 Å². The normalized spacial score (nSPS) is 16.9. The van der Waals surface area contributed by atoms with E-state index in [1.54, 1.807) is 35.2 Å². The molecule has 2 aromatic rings. The van der Waals surface area contributed by atoms with Gasteiger partial charge in [0.1, 0.15) is 23.3 Å². The molecule has 0 radical (unpaired) electrons. The van der Waals surface area contributed by atoms with Crippen LogP contribution in [0.3, 0.4) is 0 Å². The van der Waals surface area contributed by atoms with Gasteiger partial charge in [-0.1, -0.05) is 36.4 Å². The summed E-state index contributed by atoms with van der Waals surface area (Å²) in [5, 5.41) is 12.4. The van der Waals surface area contributed by atoms with Gasteiger partial charge in [0.2, 0.25) is 0 Å². The van der Waals surface area contributed by atoms with E-state index in [2.05, 4.69) is 10.3 Å². The Labute approximate surface area is 173 Å². The lowest BCUT2D eigenvalue weighted by Crippen LogP contribution is -2.36. The number of amides is 2. The van der Waals surface area contributed by atoms with Gasteiger partial charge in [0.15, 0.2) is 0 Å². The van der Waals surface area contributed by atoms with Gasteiger partial charge < -0.3 is 10.2 Å². The van der Waals surface area contributed by atoms with Crippen LogP contribution in [-0.4, -0.2) is 35.6 Å². The smallest absolute Gasteiger partial charge is 0.266 e. The average molecular weight is 402 g/mol. The Kier molecular flexibility index (Phi) is 5.40. The Morgan fingerprint density at radius 1 is 1.00 bits per heavy atom. The number of aliphatic imine (C=N–C) groups is 1. The number of amidine groups is 1. The Hall–Kier alpha value is -3.79. The van der Waals surface area contributed by atoms with Crippen molar-refractivity contribution in [2.24, 2.45) is 4.99 Å². The molecule has 2 aromatic carbocycles. The largest absolute Gasteiger partial charge is 0.338 e. The molecule has 0 atom stereocenters. The lowest BCUT2D eigenvalue weighted by Gasteiger charge is -2.26. The molecule has 0 aromatic heterocycles. The number of nitrogens with one attached hydrogen (secondary N) is 1. The van der Waals surface area contributed by atoms with E-state index >= 15 is 0 Å². The summed E-state index contributed by atoms with van der Waals surface area (Å²) in [5.41, 5.74) is 1.23. The second kappa shape index (κ2) is 8.29. The Balaban J connectivity index is 1.72. The van der Waals surface area contributed by atoms with E-state index in [1.165, 1.54) is 18.2 Å². The van der Waals surface area contributed by atoms with Gasteiger partial charge in [0.05, 0.1) is 11.3 Å². The topological polar surface area (TPSA) is 85.6 Å². The molecule has 1 saturated heterocycles. The van der Waals surface area contributed by atoms with Crippen molar-refractivity contribution in [3.8, 4) is 6.07 Å². The number of nitrogens with zero attached hydrogens (tertiary/aromatic N) is 3. The van der Waals surface area contributed by atoms with Crippen LogP contribution < -0.4 is 5.32 Å². The van der Waals surface area contributed by atoms with E-state index < -0.39 is 11.7 Å². The number of likely N-dealkylation sites (tertiary alicyclic amines) is 1. The van der Waals surface area contributed by atoms with Crippen LogP contribution in [0.15, 0.2) is 59.1 Å². The fourth-order valence-electron chi connectivity index (χ4n) is 3.69. The first kappa shape index (κ1) is 19.5. The minimum Gasteiger partial charge on any atom is -0.338 e. The lowest BCUT2D eigenvalue weighted by molar-refractivity contribution is -0.127. The van der Waals surface area contributed by atoms with Gasteiger partial charge in [-0.2, -0.15) is 5.26 Å². The highest BCUT2D eigenvalue weighted by Gasteiger charge is 2.30. The highest BCUT2D eigenvalue weighted by molar-refractivity contribution is 6.20. The molecule has 1 fully saturated rings. The highest BCUT2D eigenvalue weighted by Crippen LogP contribution is 2.31. The zero-order chi connectivity index (χ0) is 21.1. The second-order valence-electron chi connectivity index (χ2n) is 7.13. The number of carbonyl (C=O) groups excluding carboxylic acids is 2. The Morgan fingerprint density at radius 3 is 2.37 bits per heavy atom. The van der Waals surface area contributed by atoms with Gasteiger partial charge in [0.25, 0.3) is 11.8 Å². The maximum absolute atomic E-state index is 14.0. The van der Waals surface area contributed by atoms with Crippen molar-refractivity contribution in [1.82, 2.24) is 10.2 Å². The Morgan fingerprint density at radius 2 is 1.67 bits per heavy atom. The summed E-state index contributed by atoms with van der Waals surface area (Å²) in [6.45, 7) is 1.22. The fourth-order valence-corrected chi connectivity index (χ4v) is 3.69. The Bertz CT molecular complexity index is 1120. The third kappa shape index (κ3) is 3.60. The summed E-state index contributed by atoms with van der Waals surface area (Å²) in [7, 11) is 0. The zero-order valence-corrected chi connectivity index (χ0v) is 16.2. The van der Waals surface area contributed by atoms with Crippen molar-refractivity contribution >= 4 is 23.3 Å². The molecule has 6 nitrogen and oxygen atoms in total. The molecule has 1 N–H and O–H groups in total. The maximum atomic E-state index is 14.0. The molecular formula is C23H19FN4O2. The molecule has 30 heavy (non-hydrogen) atoms. The molecule has 150 valence electrons. The van der Waals surface area contributed by atoms with Crippen LogP contribution in [0.4, 0.5) is 4.39 Å². The van der Waals surface area contributed by atoms with Crippen LogP contribution in [0, 0.1) is 17.1 Å². The summed E-state index contributed by atoms with van der Waals surface area (Å²) in [4.78, 5) is 31.6. The minimum atomic E-state index is -0.649. The SMILES string of the molecule is N#CC(C(=O)N1CCCCC1)=C1N=C(NC(=O)c2ccccc2F)c2ccccc21. The molecule has 4 rings (SSSR count). The van der Waals surface area contributed by atoms with Crippen LogP contribution in [0.25, 0.3) is 5.70 Å². The van der Waals surface area contributed by atoms with Crippen molar-refractivity contribution in [3.63, 3.8) is 0 Å². The number of nitriles is 1. The van der Waals surface area contributed by atoms with Crippen molar-refractivity contribution in [1.29, 1.82) is 5.26 Å². The third-order valence-electron chi connectivity index (χ3n) is 5.22. The van der Waals surface area contributed by atoms with Crippen molar-refractivity contribution in [2.45, 2.75) is 19.3 Å². The molecule has 2 heterocycles. The van der Waals surface area contributed by atoms with E-state index in [9.17, 15) is 19.2 Å². The number of benzene rings is 2. The first-order valence-corrected chi connectivity index (χ1v) is 9.78. The zero-order valence-electron chi connectivity index (χ0n) is 16.2. The monoisotopic (exact) mass is 402 g/mol. The van der Waals surface area contributed by atoms with Gasteiger partial charge in [-0.3, -0.25) is 9.59 Å². The van der Waals surface area contributed by atoms with Gasteiger partial charge in [-0.05, 0) is 31.4 Å².